The summed E-state index contributed by atoms with van der Waals surface area (Å²) in [6, 6.07) is 23.2. The number of aryl methyl sites for hydroxylation is 2. The third-order valence-corrected chi connectivity index (χ3v) is 9.24. The summed E-state index contributed by atoms with van der Waals surface area (Å²) in [5.74, 6) is 0. The van der Waals surface area contributed by atoms with E-state index in [1.54, 1.807) is 61.5 Å². The highest BCUT2D eigenvalue weighted by Gasteiger charge is 2.26. The fourth-order valence-corrected chi connectivity index (χ4v) is 6.52. The lowest BCUT2D eigenvalue weighted by molar-refractivity contribution is -0.387. The molecule has 0 unspecified atom stereocenters. The Balaban J connectivity index is 1.84. The van der Waals surface area contributed by atoms with Crippen LogP contribution in [-0.4, -0.2) is 21.8 Å². The minimum atomic E-state index is -4.21. The predicted octanol–water partition coefficient (Wildman–Crippen LogP) is 5.96. The van der Waals surface area contributed by atoms with Gasteiger partial charge in [0.25, 0.3) is 25.7 Å². The first kappa shape index (κ1) is 27.2. The standard InChI is InChI=1S/C26H23N3O6S3/c1-18-8-12-21(13-9-18)37(32,33)27-23-16-25(29(30)31)26(36-20-6-4-3-5-7-20)17-24(23)28-38(34,35)22-14-10-19(2)11-15-22/h3-17,27-28H,1-2H3. The van der Waals surface area contributed by atoms with Crippen molar-refractivity contribution >= 4 is 48.9 Å². The van der Waals surface area contributed by atoms with Crippen LogP contribution in [0.1, 0.15) is 11.1 Å². The Morgan fingerprint density at radius 3 is 1.58 bits per heavy atom. The van der Waals surface area contributed by atoms with Crippen LogP contribution in [0.4, 0.5) is 17.1 Å². The highest BCUT2D eigenvalue weighted by molar-refractivity contribution is 7.99. The third-order valence-electron chi connectivity index (χ3n) is 5.42. The topological polar surface area (TPSA) is 135 Å². The predicted molar refractivity (Wildman–Crippen MR) is 148 cm³/mol. The molecule has 196 valence electrons. The number of nitrogens with one attached hydrogen (secondary N) is 2. The van der Waals surface area contributed by atoms with Crippen LogP contribution in [0.25, 0.3) is 0 Å². The van der Waals surface area contributed by atoms with Gasteiger partial charge in [0.15, 0.2) is 0 Å². The fourth-order valence-electron chi connectivity index (χ4n) is 3.42. The first-order chi connectivity index (χ1) is 17.9. The summed E-state index contributed by atoms with van der Waals surface area (Å²) in [6.45, 7) is 3.61. The number of sulfonamides is 2. The number of nitro groups is 1. The van der Waals surface area contributed by atoms with Gasteiger partial charge in [-0.2, -0.15) is 0 Å². The summed E-state index contributed by atoms with van der Waals surface area (Å²) in [5.41, 5.74) is 0.857. The molecule has 4 rings (SSSR count). The Kier molecular flexibility index (Phi) is 7.76. The molecule has 0 saturated heterocycles. The van der Waals surface area contributed by atoms with Crippen molar-refractivity contribution in [3.05, 3.63) is 112 Å². The molecule has 0 aliphatic heterocycles. The van der Waals surface area contributed by atoms with E-state index in [0.717, 1.165) is 29.0 Å². The molecule has 0 bridgehead atoms. The van der Waals surface area contributed by atoms with Gasteiger partial charge < -0.3 is 0 Å². The van der Waals surface area contributed by atoms with Crippen LogP contribution in [0.2, 0.25) is 0 Å². The molecule has 4 aromatic carbocycles. The van der Waals surface area contributed by atoms with Crippen molar-refractivity contribution in [3.63, 3.8) is 0 Å². The molecule has 2 N–H and O–H groups in total. The molecule has 12 heteroatoms. The fraction of sp³-hybridized carbons (Fsp3) is 0.0769. The smallest absolute Gasteiger partial charge is 0.277 e. The number of nitrogens with zero attached hydrogens (tertiary/aromatic N) is 1. The molecule has 9 nitrogen and oxygen atoms in total. The zero-order chi connectivity index (χ0) is 27.5. The molecular weight excluding hydrogens is 547 g/mol. The van der Waals surface area contributed by atoms with Gasteiger partial charge in [0.1, 0.15) is 0 Å². The normalized spacial score (nSPS) is 11.6. The quantitative estimate of drug-likeness (QED) is 0.187. The van der Waals surface area contributed by atoms with Gasteiger partial charge in [-0.05, 0) is 56.3 Å². The monoisotopic (exact) mass is 569 g/mol. The van der Waals surface area contributed by atoms with E-state index in [4.69, 9.17) is 0 Å². The number of rotatable bonds is 9. The summed E-state index contributed by atoms with van der Waals surface area (Å²) in [7, 11) is -8.37. The van der Waals surface area contributed by atoms with E-state index in [0.29, 0.717) is 4.90 Å². The summed E-state index contributed by atoms with van der Waals surface area (Å²) in [6.07, 6.45) is 0. The van der Waals surface area contributed by atoms with E-state index in [9.17, 15) is 26.9 Å². The van der Waals surface area contributed by atoms with E-state index in [1.807, 2.05) is 6.92 Å². The lowest BCUT2D eigenvalue weighted by Gasteiger charge is -2.16. The van der Waals surface area contributed by atoms with Crippen LogP contribution in [0.5, 0.6) is 0 Å². The summed E-state index contributed by atoms with van der Waals surface area (Å²) >= 11 is 1.05. The zero-order valence-electron chi connectivity index (χ0n) is 20.3. The summed E-state index contributed by atoms with van der Waals surface area (Å²) < 4.78 is 57.4. The molecule has 38 heavy (non-hydrogen) atoms. The van der Waals surface area contributed by atoms with Crippen LogP contribution >= 0.6 is 11.8 Å². The maximum absolute atomic E-state index is 13.2. The van der Waals surface area contributed by atoms with E-state index in [2.05, 4.69) is 9.44 Å². The molecule has 0 fully saturated rings. The summed E-state index contributed by atoms with van der Waals surface area (Å²) in [5, 5.41) is 12.0. The largest absolute Gasteiger partial charge is 0.285 e. The average Bonchev–Trinajstić information content (AvgIpc) is 2.86. The second-order valence-electron chi connectivity index (χ2n) is 8.37. The number of hydrogen-bond donors (Lipinski definition) is 2. The van der Waals surface area contributed by atoms with Gasteiger partial charge in [-0.1, -0.05) is 65.4 Å². The van der Waals surface area contributed by atoms with Crippen LogP contribution in [0.3, 0.4) is 0 Å². The Hall–Kier alpha value is -3.87. The lowest BCUT2D eigenvalue weighted by Crippen LogP contribution is -2.18. The summed E-state index contributed by atoms with van der Waals surface area (Å²) in [4.78, 5) is 12.0. The lowest BCUT2D eigenvalue weighted by atomic mass is 10.2. The number of anilines is 2. The molecule has 0 aromatic heterocycles. The Morgan fingerprint density at radius 2 is 1.13 bits per heavy atom. The SMILES string of the molecule is Cc1ccc(S(=O)(=O)Nc2cc(Sc3ccccc3)c([N+](=O)[O-])cc2NS(=O)(=O)c2ccc(C)cc2)cc1. The molecule has 0 heterocycles. The highest BCUT2D eigenvalue weighted by atomic mass is 32.2. The zero-order valence-corrected chi connectivity index (χ0v) is 22.7. The maximum Gasteiger partial charge on any atom is 0.285 e. The number of hydrogen-bond acceptors (Lipinski definition) is 7. The van der Waals surface area contributed by atoms with Crippen molar-refractivity contribution in [3.8, 4) is 0 Å². The van der Waals surface area contributed by atoms with Gasteiger partial charge in [0, 0.05) is 11.0 Å². The van der Waals surface area contributed by atoms with E-state index < -0.39 is 30.7 Å². The van der Waals surface area contributed by atoms with Gasteiger partial charge in [-0.15, -0.1) is 0 Å². The molecule has 0 radical (unpaired) electrons. The van der Waals surface area contributed by atoms with Crippen molar-refractivity contribution in [2.75, 3.05) is 9.44 Å². The van der Waals surface area contributed by atoms with Crippen LogP contribution < -0.4 is 9.44 Å². The van der Waals surface area contributed by atoms with Gasteiger partial charge in [0.05, 0.1) is 31.0 Å². The maximum atomic E-state index is 13.2. The van der Waals surface area contributed by atoms with Gasteiger partial charge >= 0.3 is 0 Å². The van der Waals surface area contributed by atoms with Gasteiger partial charge in [-0.3, -0.25) is 19.6 Å². The highest BCUT2D eigenvalue weighted by Crippen LogP contribution is 2.41. The number of nitro benzene ring substituents is 1. The van der Waals surface area contributed by atoms with Crippen molar-refractivity contribution < 1.29 is 21.8 Å². The molecule has 0 amide bonds. The average molecular weight is 570 g/mol. The Bertz CT molecular complexity index is 1690. The second-order valence-corrected chi connectivity index (χ2v) is 12.9. The van der Waals surface area contributed by atoms with E-state index >= 15 is 0 Å². The molecular formula is C26H23N3O6S3. The van der Waals surface area contributed by atoms with Crippen molar-refractivity contribution in [2.24, 2.45) is 0 Å². The second kappa shape index (κ2) is 10.9. The van der Waals surface area contributed by atoms with E-state index in [1.165, 1.54) is 30.3 Å². The molecule has 0 saturated carbocycles. The molecule has 0 aliphatic rings. The van der Waals surface area contributed by atoms with Crippen molar-refractivity contribution in [1.82, 2.24) is 0 Å². The third kappa shape index (κ3) is 6.33. The first-order valence-corrected chi connectivity index (χ1v) is 15.0. The molecule has 0 spiro atoms. The van der Waals surface area contributed by atoms with Gasteiger partial charge in [-0.25, -0.2) is 16.8 Å². The van der Waals surface area contributed by atoms with Crippen molar-refractivity contribution in [1.29, 1.82) is 0 Å². The minimum Gasteiger partial charge on any atom is -0.277 e. The number of benzene rings is 4. The molecule has 4 aromatic rings. The van der Waals surface area contributed by atoms with Gasteiger partial charge in [0.2, 0.25) is 0 Å². The molecule has 0 aliphatic carbocycles. The van der Waals surface area contributed by atoms with Crippen molar-refractivity contribution in [2.45, 2.75) is 33.4 Å². The van der Waals surface area contributed by atoms with Crippen LogP contribution in [0, 0.1) is 24.0 Å². The molecule has 0 atom stereocenters. The van der Waals surface area contributed by atoms with E-state index in [-0.39, 0.29) is 26.1 Å². The minimum absolute atomic E-state index is 0.0499. The van der Waals surface area contributed by atoms with Crippen LogP contribution in [0.15, 0.2) is 111 Å². The van der Waals surface area contributed by atoms with Crippen LogP contribution in [-0.2, 0) is 20.0 Å². The Morgan fingerprint density at radius 1 is 0.684 bits per heavy atom. The first-order valence-electron chi connectivity index (χ1n) is 11.2. The Labute approximate surface area is 225 Å².